The predicted octanol–water partition coefficient (Wildman–Crippen LogP) is 1.78. The van der Waals surface area contributed by atoms with E-state index in [2.05, 4.69) is 51.2 Å². The molecule has 0 aliphatic heterocycles. The minimum Gasteiger partial charge on any atom is -0.287 e. The number of hydrogen-bond donors (Lipinski definition) is 0. The van der Waals surface area contributed by atoms with Crippen molar-refractivity contribution in [3.05, 3.63) is 69.5 Å². The van der Waals surface area contributed by atoms with Crippen LogP contribution < -0.4 is 0 Å². The largest absolute Gasteiger partial charge is 0.292 e. The second kappa shape index (κ2) is 8.23. The first kappa shape index (κ1) is 23.8. The van der Waals surface area contributed by atoms with E-state index < -0.39 is 11.6 Å². The van der Waals surface area contributed by atoms with Crippen LogP contribution >= 0.6 is 0 Å². The quantitative estimate of drug-likeness (QED) is 0.280. The molecule has 14 nitrogen and oxygen atoms in total. The van der Waals surface area contributed by atoms with Gasteiger partial charge >= 0.3 is 0 Å². The van der Waals surface area contributed by atoms with Gasteiger partial charge in [0.05, 0.1) is 0 Å². The minimum absolute atomic E-state index is 0. The van der Waals surface area contributed by atoms with Gasteiger partial charge < -0.3 is 0 Å². The molecule has 2 aliphatic rings. The lowest BCUT2D eigenvalue weighted by molar-refractivity contribution is 0.103. The van der Waals surface area contributed by atoms with E-state index in [-0.39, 0.29) is 53.1 Å². The zero-order valence-corrected chi connectivity index (χ0v) is 19.2. The van der Waals surface area contributed by atoms with E-state index in [0.29, 0.717) is 33.6 Å². The van der Waals surface area contributed by atoms with E-state index >= 15 is 0 Å². The van der Waals surface area contributed by atoms with E-state index in [0.717, 1.165) is 9.26 Å². The molecule has 0 saturated heterocycles. The number of tetrazole rings is 2. The van der Waals surface area contributed by atoms with Gasteiger partial charge in [0.15, 0.2) is 5.69 Å². The fourth-order valence-corrected chi connectivity index (χ4v) is 4.28. The molecule has 16 heteroatoms. The Labute approximate surface area is 215 Å². The average molecular weight is 528 g/mol. The van der Waals surface area contributed by atoms with Crippen molar-refractivity contribution in [2.75, 3.05) is 0 Å². The summed E-state index contributed by atoms with van der Waals surface area (Å²) in [7, 11) is 0. The summed E-state index contributed by atoms with van der Waals surface area (Å²) in [5, 5.41) is 29.5. The molecule has 0 radical (unpaired) electrons. The monoisotopic (exact) mass is 528 g/mol. The summed E-state index contributed by atoms with van der Waals surface area (Å²) >= 11 is 0. The summed E-state index contributed by atoms with van der Waals surface area (Å²) in [5.74, 6) is -1.25. The lowest BCUT2D eigenvalue weighted by Crippen LogP contribution is -2.06. The molecular formula is C23H14F2N12O2. The summed E-state index contributed by atoms with van der Waals surface area (Å²) < 4.78 is 29.3. The Kier molecular flexibility index (Phi) is 5.03. The molecule has 4 heterocycles. The zero-order valence-electron chi connectivity index (χ0n) is 19.2. The number of rotatable bonds is 0. The highest BCUT2D eigenvalue weighted by Gasteiger charge is 2.33. The van der Waals surface area contributed by atoms with Crippen LogP contribution in [0.25, 0.3) is 34.1 Å². The van der Waals surface area contributed by atoms with Gasteiger partial charge in [-0.1, -0.05) is 26.9 Å². The maximum atomic E-state index is 13.6. The average Bonchev–Trinajstić information content (AvgIpc) is 3.66. The molecule has 0 saturated carbocycles. The Balaban J connectivity index is 0.000000138. The van der Waals surface area contributed by atoms with Crippen LogP contribution in [0, 0.1) is 25.5 Å². The zero-order chi connectivity index (χ0) is 26.3. The third kappa shape index (κ3) is 3.38. The number of fused-ring (bicyclic) bond motifs is 8. The molecule has 4 aromatic heterocycles. The van der Waals surface area contributed by atoms with Crippen LogP contribution in [-0.4, -0.2) is 72.0 Å². The van der Waals surface area contributed by atoms with Gasteiger partial charge in [-0.15, -0.1) is 10.2 Å². The molecule has 0 N–H and O–H groups in total. The normalized spacial score (nSPS) is 12.5. The van der Waals surface area contributed by atoms with Crippen molar-refractivity contribution in [3.63, 3.8) is 0 Å². The first-order valence-electron chi connectivity index (χ1n) is 10.9. The number of carbonyl (C=O) groups is 2. The van der Waals surface area contributed by atoms with Crippen molar-refractivity contribution in [1.82, 2.24) is 60.5 Å². The Morgan fingerprint density at radius 2 is 1.08 bits per heavy atom. The van der Waals surface area contributed by atoms with Gasteiger partial charge in [-0.25, -0.2) is 18.7 Å². The number of hydrogen-bond acceptors (Lipinski definition) is 12. The molecule has 6 aromatic rings. The molecule has 192 valence electrons. The molecule has 0 fully saturated rings. The fourth-order valence-electron chi connectivity index (χ4n) is 4.28. The van der Waals surface area contributed by atoms with E-state index in [1.165, 1.54) is 12.1 Å². The number of nitrogens with zero attached hydrogens (tertiary/aromatic N) is 12. The van der Waals surface area contributed by atoms with Gasteiger partial charge in [-0.2, -0.15) is 0 Å². The van der Waals surface area contributed by atoms with Crippen molar-refractivity contribution in [1.29, 1.82) is 0 Å². The van der Waals surface area contributed by atoms with Gasteiger partial charge in [0, 0.05) is 22.3 Å². The molecule has 8 rings (SSSR count). The van der Waals surface area contributed by atoms with Gasteiger partial charge in [-0.3, -0.25) is 9.59 Å². The molecule has 0 bridgehead atoms. The van der Waals surface area contributed by atoms with Crippen LogP contribution in [0.2, 0.25) is 0 Å². The molecule has 2 aromatic carbocycles. The third-order valence-corrected chi connectivity index (χ3v) is 6.16. The molecular weight excluding hydrogens is 514 g/mol. The lowest BCUT2D eigenvalue weighted by atomic mass is 10.1. The van der Waals surface area contributed by atoms with Crippen molar-refractivity contribution in [2.45, 2.75) is 21.3 Å². The summed E-state index contributed by atoms with van der Waals surface area (Å²) in [6.07, 6.45) is 0. The smallest absolute Gasteiger partial charge is 0.287 e. The lowest BCUT2D eigenvalue weighted by Gasteiger charge is -2.01. The summed E-state index contributed by atoms with van der Waals surface area (Å²) in [4.78, 5) is 32.6. The van der Waals surface area contributed by atoms with E-state index in [1.807, 2.05) is 0 Å². The third-order valence-electron chi connectivity index (χ3n) is 6.16. The minimum atomic E-state index is -0.426. The Hall–Kier alpha value is -5.54. The van der Waals surface area contributed by atoms with Gasteiger partial charge in [0.2, 0.25) is 11.6 Å². The van der Waals surface area contributed by atoms with Gasteiger partial charge in [-0.05, 0) is 70.1 Å². The number of carbonyl (C=O) groups excluding carboxylic acids is 2. The maximum absolute atomic E-state index is 13.6. The summed E-state index contributed by atoms with van der Waals surface area (Å²) in [6, 6.07) is 5.60. The Morgan fingerprint density at radius 1 is 0.615 bits per heavy atom. The number of ketones is 2. The van der Waals surface area contributed by atoms with E-state index in [1.54, 1.807) is 26.0 Å². The second-order valence-electron chi connectivity index (χ2n) is 8.51. The number of halogens is 2. The van der Waals surface area contributed by atoms with Crippen molar-refractivity contribution in [2.24, 2.45) is 0 Å². The van der Waals surface area contributed by atoms with Crippen molar-refractivity contribution in [3.8, 4) is 22.5 Å². The highest BCUT2D eigenvalue weighted by atomic mass is 19.1. The molecule has 2 aliphatic carbocycles. The van der Waals surface area contributed by atoms with Crippen LogP contribution in [0.1, 0.15) is 50.7 Å². The summed E-state index contributed by atoms with van der Waals surface area (Å²) in [6.45, 7) is 3.25. The topological polar surface area (TPSA) is 172 Å². The summed E-state index contributed by atoms with van der Waals surface area (Å²) in [5.41, 5.74) is 3.61. The van der Waals surface area contributed by atoms with Crippen LogP contribution in [0.15, 0.2) is 24.3 Å². The van der Waals surface area contributed by atoms with E-state index in [9.17, 15) is 18.4 Å². The Bertz CT molecular complexity index is 1890. The molecule has 0 spiro atoms. The highest BCUT2D eigenvalue weighted by Crippen LogP contribution is 2.36. The van der Waals surface area contributed by atoms with Crippen molar-refractivity contribution >= 4 is 23.1 Å². The first-order valence-corrected chi connectivity index (χ1v) is 10.9. The van der Waals surface area contributed by atoms with Crippen molar-refractivity contribution < 1.29 is 18.4 Å². The molecule has 0 atom stereocenters. The number of benzene rings is 2. The molecule has 0 amide bonds. The SMILES string of the molecule is C.Cc1cc2c(cc1F)C(=O)c1nc3nnnn3nc1-2.Cc1cc2c(cc1F)C(=O)c1nn3nnnc3nc1-2. The van der Waals surface area contributed by atoms with Crippen LogP contribution in [0.3, 0.4) is 0 Å². The Morgan fingerprint density at radius 3 is 1.64 bits per heavy atom. The molecule has 0 unspecified atom stereocenters. The van der Waals surface area contributed by atoms with E-state index in [4.69, 9.17) is 0 Å². The van der Waals surface area contributed by atoms with Gasteiger partial charge in [0.25, 0.3) is 11.6 Å². The maximum Gasteiger partial charge on any atom is 0.292 e. The fraction of sp³-hybridized carbons (Fsp3) is 0.130. The highest BCUT2D eigenvalue weighted by molar-refractivity contribution is 6.20. The van der Waals surface area contributed by atoms with Crippen LogP contribution in [0.4, 0.5) is 8.78 Å². The van der Waals surface area contributed by atoms with Crippen LogP contribution in [-0.2, 0) is 0 Å². The number of aryl methyl sites for hydroxylation is 2. The van der Waals surface area contributed by atoms with Crippen LogP contribution in [0.5, 0.6) is 0 Å². The number of aromatic nitrogens is 12. The van der Waals surface area contributed by atoms with Gasteiger partial charge in [0.1, 0.15) is 28.7 Å². The predicted molar refractivity (Wildman–Crippen MR) is 127 cm³/mol. The molecule has 39 heavy (non-hydrogen) atoms. The first-order chi connectivity index (χ1) is 18.3. The standard InChI is InChI=1S/2C11H5FN6O.CH4/c1-4-2-5-6(3-7(4)12)10(19)9-8(5)15-18-11(13-9)14-16-17-18;1-4-2-5-6(3-7(4)12)10(19)9-8(5)13-11-14-16-17-18(11)15-9;/h2*2-3H,1H3;1H4. The second-order valence-corrected chi connectivity index (χ2v) is 8.51.